The number of hydrogen-bond acceptors (Lipinski definition) is 5. The summed E-state index contributed by atoms with van der Waals surface area (Å²) >= 11 is 0. The van der Waals surface area contributed by atoms with Crippen LogP contribution in [0, 0.1) is 0 Å². The van der Waals surface area contributed by atoms with E-state index in [1.165, 1.54) is 29.6 Å². The van der Waals surface area contributed by atoms with Gasteiger partial charge in [-0.25, -0.2) is 13.2 Å². The van der Waals surface area contributed by atoms with Crippen molar-refractivity contribution in [2.75, 3.05) is 19.7 Å². The van der Waals surface area contributed by atoms with Gasteiger partial charge in [0.05, 0.1) is 28.5 Å². The van der Waals surface area contributed by atoms with Gasteiger partial charge in [-0.1, -0.05) is 30.3 Å². The molecule has 0 radical (unpaired) electrons. The van der Waals surface area contributed by atoms with Crippen molar-refractivity contribution in [2.24, 2.45) is 7.05 Å². The molecular weight excluding hydrogens is 382 g/mol. The Balaban J connectivity index is 1.72. The summed E-state index contributed by atoms with van der Waals surface area (Å²) in [4.78, 5) is 26.7. The Labute approximate surface area is 161 Å². The monoisotopic (exact) mass is 401 g/mol. The quantitative estimate of drug-likeness (QED) is 0.705. The summed E-state index contributed by atoms with van der Waals surface area (Å²) in [7, 11) is -2.48. The summed E-state index contributed by atoms with van der Waals surface area (Å²) in [5.41, 5.74) is 0.121. The van der Waals surface area contributed by atoms with Crippen molar-refractivity contribution in [3.05, 3.63) is 74.9 Å². The van der Waals surface area contributed by atoms with Gasteiger partial charge in [0.15, 0.2) is 0 Å². The molecule has 0 bridgehead atoms. The Bertz CT molecular complexity index is 1250. The summed E-state index contributed by atoms with van der Waals surface area (Å²) in [6, 6.07) is 13.6. The van der Waals surface area contributed by atoms with Crippen molar-refractivity contribution in [1.82, 2.24) is 13.9 Å². The number of aromatic nitrogens is 2. The first-order valence-electron chi connectivity index (χ1n) is 8.78. The highest BCUT2D eigenvalue weighted by atomic mass is 32.2. The van der Waals surface area contributed by atoms with Gasteiger partial charge in [0, 0.05) is 20.1 Å². The number of ether oxygens (including phenoxy) is 1. The first-order chi connectivity index (χ1) is 13.4. The number of morpholine rings is 1. The predicted molar refractivity (Wildman–Crippen MR) is 104 cm³/mol. The third kappa shape index (κ3) is 3.17. The number of nitrogens with zero attached hydrogens (tertiary/aromatic N) is 2. The highest BCUT2D eigenvalue weighted by Crippen LogP contribution is 2.27. The first-order valence-corrected chi connectivity index (χ1v) is 10.2. The molecule has 8 nitrogen and oxygen atoms in total. The molecule has 4 rings (SSSR count). The highest BCUT2D eigenvalue weighted by Gasteiger charge is 2.31. The van der Waals surface area contributed by atoms with Gasteiger partial charge >= 0.3 is 5.69 Å². The minimum atomic E-state index is -3.82. The van der Waals surface area contributed by atoms with E-state index in [1.807, 2.05) is 30.3 Å². The Morgan fingerprint density at radius 2 is 1.86 bits per heavy atom. The van der Waals surface area contributed by atoms with Crippen LogP contribution in [0.15, 0.2) is 63.0 Å². The highest BCUT2D eigenvalue weighted by molar-refractivity contribution is 7.89. The van der Waals surface area contributed by atoms with E-state index >= 15 is 0 Å². The second-order valence-corrected chi connectivity index (χ2v) is 8.57. The first kappa shape index (κ1) is 18.6. The Kier molecular flexibility index (Phi) is 4.66. The van der Waals surface area contributed by atoms with E-state index in [1.54, 1.807) is 0 Å². The third-order valence-electron chi connectivity index (χ3n) is 4.91. The topological polar surface area (TPSA) is 101 Å². The van der Waals surface area contributed by atoms with E-state index in [4.69, 9.17) is 4.74 Å². The van der Waals surface area contributed by atoms with Crippen molar-refractivity contribution in [1.29, 1.82) is 0 Å². The molecule has 1 aromatic heterocycles. The summed E-state index contributed by atoms with van der Waals surface area (Å²) in [6.45, 7) is 0.697. The van der Waals surface area contributed by atoms with E-state index in [2.05, 4.69) is 4.98 Å². The zero-order valence-electron chi connectivity index (χ0n) is 15.2. The molecule has 1 fully saturated rings. The average Bonchev–Trinajstić information content (AvgIpc) is 2.72. The smallest absolute Gasteiger partial charge is 0.328 e. The molecule has 0 amide bonds. The fourth-order valence-electron chi connectivity index (χ4n) is 3.30. The van der Waals surface area contributed by atoms with Crippen molar-refractivity contribution in [3.63, 3.8) is 0 Å². The molecule has 3 aromatic rings. The number of aromatic amines is 1. The molecule has 1 atom stereocenters. The van der Waals surface area contributed by atoms with Crippen molar-refractivity contribution in [2.45, 2.75) is 11.0 Å². The standard InChI is InChI=1S/C19H19N3O5S/c1-21-18(23)15-11-14(7-8-16(15)20-19(21)24)28(25,26)22-9-10-27-17(12-22)13-5-3-2-4-6-13/h2-8,11,17H,9-10,12H2,1H3,(H,20,24). The Hall–Kier alpha value is -2.75. The van der Waals surface area contributed by atoms with Gasteiger partial charge in [-0.15, -0.1) is 0 Å². The van der Waals surface area contributed by atoms with Gasteiger partial charge in [-0.2, -0.15) is 4.31 Å². The largest absolute Gasteiger partial charge is 0.371 e. The molecule has 0 saturated carbocycles. The molecule has 2 heterocycles. The molecule has 1 saturated heterocycles. The van der Waals surface area contributed by atoms with Gasteiger partial charge in [-0.05, 0) is 23.8 Å². The van der Waals surface area contributed by atoms with Crippen LogP contribution in [0.2, 0.25) is 0 Å². The molecule has 0 spiro atoms. The predicted octanol–water partition coefficient (Wildman–Crippen LogP) is 0.989. The van der Waals surface area contributed by atoms with Crippen LogP contribution >= 0.6 is 0 Å². The van der Waals surface area contributed by atoms with E-state index in [0.717, 1.165) is 10.1 Å². The number of H-pyrrole nitrogens is 1. The third-order valence-corrected chi connectivity index (χ3v) is 6.77. The van der Waals surface area contributed by atoms with E-state index < -0.39 is 21.3 Å². The Morgan fingerprint density at radius 1 is 1.11 bits per heavy atom. The lowest BCUT2D eigenvalue weighted by Crippen LogP contribution is -2.42. The minimum absolute atomic E-state index is 0.0119. The number of fused-ring (bicyclic) bond motifs is 1. The van der Waals surface area contributed by atoms with Crippen LogP contribution in [-0.2, 0) is 21.8 Å². The van der Waals surface area contributed by atoms with Gasteiger partial charge in [0.25, 0.3) is 5.56 Å². The summed E-state index contributed by atoms with van der Waals surface area (Å²) in [5.74, 6) is 0. The van der Waals surface area contributed by atoms with Crippen LogP contribution in [0.3, 0.4) is 0 Å². The van der Waals surface area contributed by atoms with Crippen LogP contribution in [0.1, 0.15) is 11.7 Å². The lowest BCUT2D eigenvalue weighted by Gasteiger charge is -2.32. The zero-order chi connectivity index (χ0) is 19.9. The molecule has 146 valence electrons. The molecule has 1 aliphatic heterocycles. The second kappa shape index (κ2) is 7.01. The lowest BCUT2D eigenvalue weighted by atomic mass is 10.1. The summed E-state index contributed by atoms with van der Waals surface area (Å²) in [6.07, 6.45) is -0.352. The maximum atomic E-state index is 13.2. The van der Waals surface area contributed by atoms with E-state index in [0.29, 0.717) is 5.52 Å². The van der Waals surface area contributed by atoms with Gasteiger partial charge in [0.1, 0.15) is 0 Å². The van der Waals surface area contributed by atoms with Crippen molar-refractivity contribution >= 4 is 20.9 Å². The number of sulfonamides is 1. The van der Waals surface area contributed by atoms with Crippen LogP contribution in [0.25, 0.3) is 10.9 Å². The average molecular weight is 401 g/mol. The van der Waals surface area contributed by atoms with Crippen LogP contribution < -0.4 is 11.2 Å². The minimum Gasteiger partial charge on any atom is -0.371 e. The fraction of sp³-hybridized carbons (Fsp3) is 0.263. The normalized spacial score (nSPS) is 18.4. The number of hydrogen-bond donors (Lipinski definition) is 1. The van der Waals surface area contributed by atoms with E-state index in [-0.39, 0.29) is 36.1 Å². The molecule has 1 unspecified atom stereocenters. The summed E-state index contributed by atoms with van der Waals surface area (Å²) < 4.78 is 34.3. The van der Waals surface area contributed by atoms with Crippen molar-refractivity contribution < 1.29 is 13.2 Å². The van der Waals surface area contributed by atoms with Gasteiger partial charge in [0.2, 0.25) is 10.0 Å². The maximum absolute atomic E-state index is 13.2. The maximum Gasteiger partial charge on any atom is 0.328 e. The van der Waals surface area contributed by atoms with E-state index in [9.17, 15) is 18.0 Å². The van der Waals surface area contributed by atoms with Crippen LogP contribution in [0.5, 0.6) is 0 Å². The lowest BCUT2D eigenvalue weighted by molar-refractivity contribution is -0.00255. The van der Waals surface area contributed by atoms with Crippen molar-refractivity contribution in [3.8, 4) is 0 Å². The Morgan fingerprint density at radius 3 is 2.61 bits per heavy atom. The number of rotatable bonds is 3. The molecule has 2 aromatic carbocycles. The zero-order valence-corrected chi connectivity index (χ0v) is 16.0. The fourth-order valence-corrected chi connectivity index (χ4v) is 4.76. The molecule has 1 aliphatic rings. The number of nitrogens with one attached hydrogen (secondary N) is 1. The van der Waals surface area contributed by atoms with Crippen LogP contribution in [-0.4, -0.2) is 42.0 Å². The SMILES string of the molecule is Cn1c(=O)[nH]c2ccc(S(=O)(=O)N3CCOC(c4ccccc4)C3)cc2c1=O. The number of benzene rings is 2. The molecule has 1 N–H and O–H groups in total. The summed E-state index contributed by atoms with van der Waals surface area (Å²) in [5, 5.41) is 0.149. The van der Waals surface area contributed by atoms with Gasteiger partial charge < -0.3 is 9.72 Å². The molecular formula is C19H19N3O5S. The van der Waals surface area contributed by atoms with Crippen LogP contribution in [0.4, 0.5) is 0 Å². The second-order valence-electron chi connectivity index (χ2n) is 6.63. The molecule has 28 heavy (non-hydrogen) atoms. The van der Waals surface area contributed by atoms with Gasteiger partial charge in [-0.3, -0.25) is 9.36 Å². The molecule has 0 aliphatic carbocycles. The molecule has 9 heteroatoms.